The number of aromatic hydroxyl groups is 1. The summed E-state index contributed by atoms with van der Waals surface area (Å²) in [7, 11) is 1.54. The minimum Gasteiger partial charge on any atom is -0.502 e. The molecular formula is C24H19ClF3N3O4. The van der Waals surface area contributed by atoms with Crippen molar-refractivity contribution in [2.75, 3.05) is 18.7 Å². The summed E-state index contributed by atoms with van der Waals surface area (Å²) in [6, 6.07) is 7.32. The van der Waals surface area contributed by atoms with Crippen LogP contribution in [0.15, 0.2) is 47.4 Å². The number of fused-ring (bicyclic) bond motifs is 1. The zero-order valence-electron chi connectivity index (χ0n) is 18.4. The lowest BCUT2D eigenvalue weighted by Crippen LogP contribution is -2.52. The van der Waals surface area contributed by atoms with Crippen molar-refractivity contribution in [1.29, 1.82) is 0 Å². The number of halogens is 4. The highest BCUT2D eigenvalue weighted by Gasteiger charge is 2.33. The maximum absolute atomic E-state index is 14.3. The first-order chi connectivity index (χ1) is 16.6. The van der Waals surface area contributed by atoms with E-state index in [1.54, 1.807) is 7.05 Å². The van der Waals surface area contributed by atoms with Crippen molar-refractivity contribution < 1.29 is 27.9 Å². The SMILES string of the molecule is CN1CN(Cc2cccc(Cl)c2F)C(=O)c2c(O)c(=O)c(C(=O)CCc3ccc(F)cc3F)cn21. The summed E-state index contributed by atoms with van der Waals surface area (Å²) in [4.78, 5) is 39.7. The molecule has 1 aromatic heterocycles. The average molecular weight is 506 g/mol. The molecule has 0 fully saturated rings. The number of aryl methyl sites for hydroxylation is 1. The molecule has 2 aromatic carbocycles. The van der Waals surface area contributed by atoms with Crippen LogP contribution in [0.3, 0.4) is 0 Å². The van der Waals surface area contributed by atoms with Crippen LogP contribution in [-0.4, -0.2) is 40.1 Å². The largest absolute Gasteiger partial charge is 0.502 e. The van der Waals surface area contributed by atoms with Gasteiger partial charge in [0.25, 0.3) is 5.91 Å². The van der Waals surface area contributed by atoms with Crippen molar-refractivity contribution in [1.82, 2.24) is 9.58 Å². The van der Waals surface area contributed by atoms with Crippen LogP contribution in [0.25, 0.3) is 0 Å². The zero-order chi connectivity index (χ0) is 25.4. The summed E-state index contributed by atoms with van der Waals surface area (Å²) >= 11 is 5.81. The molecule has 182 valence electrons. The van der Waals surface area contributed by atoms with Crippen molar-refractivity contribution in [3.8, 4) is 5.75 Å². The summed E-state index contributed by atoms with van der Waals surface area (Å²) in [6.45, 7) is -0.221. The number of carbonyl (C=O) groups excluding carboxylic acids is 2. The number of ketones is 1. The number of benzene rings is 2. The first-order valence-corrected chi connectivity index (χ1v) is 10.9. The predicted octanol–water partition coefficient (Wildman–Crippen LogP) is 3.62. The molecule has 1 aliphatic rings. The number of rotatable bonds is 6. The Balaban J connectivity index is 1.61. The Morgan fingerprint density at radius 2 is 1.86 bits per heavy atom. The van der Waals surface area contributed by atoms with Gasteiger partial charge in [0.2, 0.25) is 5.43 Å². The molecule has 0 radical (unpaired) electrons. The number of hydrogen-bond acceptors (Lipinski definition) is 5. The number of amides is 1. The number of nitrogens with zero attached hydrogens (tertiary/aromatic N) is 3. The number of carbonyl (C=O) groups is 2. The van der Waals surface area contributed by atoms with Crippen LogP contribution in [0.4, 0.5) is 13.2 Å². The highest BCUT2D eigenvalue weighted by Crippen LogP contribution is 2.25. The third kappa shape index (κ3) is 4.61. The number of aromatic nitrogens is 1. The van der Waals surface area contributed by atoms with Gasteiger partial charge in [0.05, 0.1) is 17.1 Å². The monoisotopic (exact) mass is 505 g/mol. The summed E-state index contributed by atoms with van der Waals surface area (Å²) < 4.78 is 42.5. The quantitative estimate of drug-likeness (QED) is 0.517. The van der Waals surface area contributed by atoms with Crippen LogP contribution in [0.5, 0.6) is 5.75 Å². The van der Waals surface area contributed by atoms with E-state index in [1.165, 1.54) is 38.9 Å². The van der Waals surface area contributed by atoms with Gasteiger partial charge in [0.1, 0.15) is 24.1 Å². The number of Topliss-reactive ketones (excluding diaryl/α,β-unsaturated/α-hetero) is 1. The molecule has 2 heterocycles. The first kappa shape index (κ1) is 24.3. The number of hydrogen-bond donors (Lipinski definition) is 1. The Morgan fingerprint density at radius 1 is 1.11 bits per heavy atom. The smallest absolute Gasteiger partial charge is 0.278 e. The molecule has 1 N–H and O–H groups in total. The van der Waals surface area contributed by atoms with E-state index in [9.17, 15) is 32.7 Å². The van der Waals surface area contributed by atoms with Crippen LogP contribution < -0.4 is 10.4 Å². The van der Waals surface area contributed by atoms with Gasteiger partial charge in [0, 0.05) is 31.3 Å². The molecule has 3 aromatic rings. The van der Waals surface area contributed by atoms with Crippen molar-refractivity contribution >= 4 is 23.3 Å². The molecule has 35 heavy (non-hydrogen) atoms. The normalized spacial score (nSPS) is 13.2. The molecule has 4 rings (SSSR count). The molecule has 0 spiro atoms. The van der Waals surface area contributed by atoms with Crippen LogP contribution in [0.2, 0.25) is 5.02 Å². The van der Waals surface area contributed by atoms with Gasteiger partial charge in [-0.1, -0.05) is 29.8 Å². The third-order valence-corrected chi connectivity index (χ3v) is 6.02. The number of pyridine rings is 1. The van der Waals surface area contributed by atoms with Crippen molar-refractivity contribution in [3.05, 3.63) is 97.7 Å². The molecule has 0 saturated carbocycles. The summed E-state index contributed by atoms with van der Waals surface area (Å²) in [6.07, 6.45) is 0.755. The second-order valence-corrected chi connectivity index (χ2v) is 8.49. The predicted molar refractivity (Wildman–Crippen MR) is 122 cm³/mol. The van der Waals surface area contributed by atoms with Crippen LogP contribution >= 0.6 is 11.6 Å². The Hall–Kier alpha value is -3.79. The third-order valence-electron chi connectivity index (χ3n) is 5.73. The summed E-state index contributed by atoms with van der Waals surface area (Å²) in [5.41, 5.74) is -1.58. The van der Waals surface area contributed by atoms with Gasteiger partial charge in [-0.2, -0.15) is 0 Å². The van der Waals surface area contributed by atoms with E-state index in [1.807, 2.05) is 0 Å². The Morgan fingerprint density at radius 3 is 2.57 bits per heavy atom. The topological polar surface area (TPSA) is 82.8 Å². The van der Waals surface area contributed by atoms with E-state index in [4.69, 9.17) is 11.6 Å². The van der Waals surface area contributed by atoms with Crippen LogP contribution in [0.1, 0.15) is 38.4 Å². The fourth-order valence-electron chi connectivity index (χ4n) is 3.89. The van der Waals surface area contributed by atoms with Gasteiger partial charge in [-0.05, 0) is 24.1 Å². The standard InChI is InChI=1S/C24H19ClF3N3O4/c1-29-12-30(10-14-3-2-4-17(25)20(14)28)24(35)21-23(34)22(33)16(11-31(21)29)19(32)8-6-13-5-7-15(26)9-18(13)27/h2-5,7,9,11,34H,6,8,10,12H2,1H3. The van der Waals surface area contributed by atoms with Gasteiger partial charge in [-0.15, -0.1) is 0 Å². The van der Waals surface area contributed by atoms with E-state index in [0.29, 0.717) is 6.07 Å². The average Bonchev–Trinajstić information content (AvgIpc) is 2.81. The van der Waals surface area contributed by atoms with Crippen molar-refractivity contribution in [2.24, 2.45) is 0 Å². The van der Waals surface area contributed by atoms with Gasteiger partial charge in [-0.25, -0.2) is 13.2 Å². The van der Waals surface area contributed by atoms with Crippen LogP contribution in [-0.2, 0) is 13.0 Å². The van der Waals surface area contributed by atoms with Crippen molar-refractivity contribution in [2.45, 2.75) is 19.4 Å². The van der Waals surface area contributed by atoms with E-state index >= 15 is 0 Å². The van der Waals surface area contributed by atoms with Gasteiger partial charge in [-0.3, -0.25) is 24.1 Å². The molecule has 0 saturated heterocycles. The molecule has 0 bridgehead atoms. The minimum absolute atomic E-state index is 0.0471. The van der Waals surface area contributed by atoms with Crippen LogP contribution in [0, 0.1) is 17.5 Å². The molecule has 0 unspecified atom stereocenters. The fraction of sp³-hybridized carbons (Fsp3) is 0.208. The minimum atomic E-state index is -1.06. The Kier molecular flexibility index (Phi) is 6.58. The van der Waals surface area contributed by atoms with E-state index in [2.05, 4.69) is 0 Å². The Bertz CT molecular complexity index is 1410. The fourth-order valence-corrected chi connectivity index (χ4v) is 4.08. The molecule has 1 aliphatic heterocycles. The van der Waals surface area contributed by atoms with Crippen molar-refractivity contribution in [3.63, 3.8) is 0 Å². The molecule has 7 nitrogen and oxygen atoms in total. The van der Waals surface area contributed by atoms with Gasteiger partial charge >= 0.3 is 0 Å². The first-order valence-electron chi connectivity index (χ1n) is 10.5. The van der Waals surface area contributed by atoms with E-state index < -0.39 is 40.3 Å². The van der Waals surface area contributed by atoms with Gasteiger partial charge < -0.3 is 10.0 Å². The molecule has 1 amide bonds. The zero-order valence-corrected chi connectivity index (χ0v) is 19.2. The highest BCUT2D eigenvalue weighted by atomic mass is 35.5. The molecule has 0 aliphatic carbocycles. The Labute approximate surface area is 202 Å². The van der Waals surface area contributed by atoms with E-state index in [-0.39, 0.29) is 53.5 Å². The molecule has 0 atom stereocenters. The lowest BCUT2D eigenvalue weighted by Gasteiger charge is -2.37. The van der Waals surface area contributed by atoms with Gasteiger partial charge in [0.15, 0.2) is 17.2 Å². The summed E-state index contributed by atoms with van der Waals surface area (Å²) in [5, 5.41) is 11.9. The van der Waals surface area contributed by atoms with E-state index in [0.717, 1.165) is 12.3 Å². The molecular weight excluding hydrogens is 487 g/mol. The molecule has 11 heteroatoms. The second-order valence-electron chi connectivity index (χ2n) is 8.09. The maximum atomic E-state index is 14.3. The lowest BCUT2D eigenvalue weighted by atomic mass is 10.0. The lowest BCUT2D eigenvalue weighted by molar-refractivity contribution is 0.0676. The second kappa shape index (κ2) is 9.46. The highest BCUT2D eigenvalue weighted by molar-refractivity contribution is 6.30. The summed E-state index contributed by atoms with van der Waals surface area (Å²) in [5.74, 6) is -4.62. The maximum Gasteiger partial charge on any atom is 0.278 e.